The standard InChI is InChI=1S/C29H35N5O8/c1-19(21-6-10-24(11-7-21)33(37)38)31-41-26(35)14-15-29(5)17-23(16-28(3,4)18-29)30-27(36)42-32-20(2)22-8-12-25(13-9-22)34(39)40/h6-13,23H,14-18H2,1-5H3,(H,30,36)/b31-19+,32-20+. The van der Waals surface area contributed by atoms with Gasteiger partial charge in [0.25, 0.3) is 11.4 Å². The maximum Gasteiger partial charge on any atom is 0.433 e. The Labute approximate surface area is 243 Å². The topological polar surface area (TPSA) is 176 Å². The number of benzene rings is 2. The molecule has 0 heterocycles. The fraction of sp³-hybridized carbons (Fsp3) is 0.448. The summed E-state index contributed by atoms with van der Waals surface area (Å²) in [7, 11) is 0. The van der Waals surface area contributed by atoms with Gasteiger partial charge >= 0.3 is 12.1 Å². The lowest BCUT2D eigenvalue weighted by Crippen LogP contribution is -2.47. The Balaban J connectivity index is 1.53. The molecule has 1 aliphatic rings. The Morgan fingerprint density at radius 3 is 1.81 bits per heavy atom. The second kappa shape index (κ2) is 13.3. The van der Waals surface area contributed by atoms with Gasteiger partial charge in [-0.3, -0.25) is 25.1 Å². The van der Waals surface area contributed by atoms with Gasteiger partial charge in [0.05, 0.1) is 21.3 Å². The van der Waals surface area contributed by atoms with Gasteiger partial charge < -0.3 is 10.2 Å². The molecule has 42 heavy (non-hydrogen) atoms. The van der Waals surface area contributed by atoms with Crippen LogP contribution in [0, 0.1) is 31.1 Å². The van der Waals surface area contributed by atoms with E-state index in [-0.39, 0.29) is 34.7 Å². The van der Waals surface area contributed by atoms with Crippen molar-refractivity contribution in [1.82, 2.24) is 5.32 Å². The molecule has 0 saturated heterocycles. The molecule has 1 fully saturated rings. The van der Waals surface area contributed by atoms with E-state index in [9.17, 15) is 29.8 Å². The number of oxime groups is 2. The molecule has 0 aromatic heterocycles. The number of amides is 1. The van der Waals surface area contributed by atoms with Crippen LogP contribution < -0.4 is 5.32 Å². The van der Waals surface area contributed by atoms with Gasteiger partial charge in [0.2, 0.25) is 0 Å². The third kappa shape index (κ3) is 9.18. The van der Waals surface area contributed by atoms with Crippen LogP contribution in [-0.2, 0) is 14.5 Å². The van der Waals surface area contributed by atoms with Crippen LogP contribution in [0.1, 0.15) is 77.8 Å². The van der Waals surface area contributed by atoms with Crippen LogP contribution in [-0.4, -0.2) is 39.4 Å². The zero-order chi connectivity index (χ0) is 31.1. The number of nitrogens with one attached hydrogen (secondary N) is 1. The van der Waals surface area contributed by atoms with E-state index in [2.05, 4.69) is 36.4 Å². The highest BCUT2D eigenvalue weighted by Crippen LogP contribution is 2.48. The van der Waals surface area contributed by atoms with Crippen molar-refractivity contribution in [2.45, 2.75) is 72.8 Å². The molecule has 2 aromatic carbocycles. The minimum absolute atomic E-state index is 0.0432. The molecule has 13 nitrogen and oxygen atoms in total. The van der Waals surface area contributed by atoms with Gasteiger partial charge in [-0.15, -0.1) is 0 Å². The highest BCUT2D eigenvalue weighted by Gasteiger charge is 2.42. The van der Waals surface area contributed by atoms with Crippen molar-refractivity contribution in [3.8, 4) is 0 Å². The molecule has 224 valence electrons. The van der Waals surface area contributed by atoms with Crippen molar-refractivity contribution in [3.05, 3.63) is 79.9 Å². The molecule has 13 heteroatoms. The molecule has 0 spiro atoms. The van der Waals surface area contributed by atoms with Crippen molar-refractivity contribution < 1.29 is 29.1 Å². The first-order valence-electron chi connectivity index (χ1n) is 13.4. The Morgan fingerprint density at radius 1 is 0.857 bits per heavy atom. The summed E-state index contributed by atoms with van der Waals surface area (Å²) in [4.78, 5) is 55.9. The number of nitro groups is 2. The van der Waals surface area contributed by atoms with E-state index in [1.54, 1.807) is 13.8 Å². The molecule has 3 rings (SSSR count). The first-order chi connectivity index (χ1) is 19.7. The second-order valence-corrected chi connectivity index (χ2v) is 11.7. The summed E-state index contributed by atoms with van der Waals surface area (Å²) >= 11 is 0. The Kier molecular flexibility index (Phi) is 10.1. The predicted molar refractivity (Wildman–Crippen MR) is 155 cm³/mol. The first-order valence-corrected chi connectivity index (χ1v) is 13.4. The summed E-state index contributed by atoms with van der Waals surface area (Å²) in [6, 6.07) is 11.3. The third-order valence-electron chi connectivity index (χ3n) is 7.24. The van der Waals surface area contributed by atoms with Crippen molar-refractivity contribution in [3.63, 3.8) is 0 Å². The largest absolute Gasteiger partial charge is 0.433 e. The zero-order valence-corrected chi connectivity index (χ0v) is 24.3. The van der Waals surface area contributed by atoms with Gasteiger partial charge in [-0.05, 0) is 85.8 Å². The molecule has 0 aliphatic heterocycles. The number of nitro benzene ring substituents is 2. The van der Waals surface area contributed by atoms with Gasteiger partial charge in [0.1, 0.15) is 0 Å². The van der Waals surface area contributed by atoms with E-state index in [4.69, 9.17) is 9.68 Å². The van der Waals surface area contributed by atoms with E-state index >= 15 is 0 Å². The van der Waals surface area contributed by atoms with Gasteiger partial charge in [-0.2, -0.15) is 0 Å². The van der Waals surface area contributed by atoms with E-state index in [1.165, 1.54) is 48.5 Å². The number of hydrogen-bond acceptors (Lipinski definition) is 10. The lowest BCUT2D eigenvalue weighted by molar-refractivity contribution is -0.385. The number of rotatable bonds is 10. The van der Waals surface area contributed by atoms with Crippen molar-refractivity contribution in [2.75, 3.05) is 0 Å². The summed E-state index contributed by atoms with van der Waals surface area (Å²) in [6.07, 6.45) is 2.10. The minimum atomic E-state index is -0.711. The van der Waals surface area contributed by atoms with Crippen LogP contribution in [0.4, 0.5) is 16.2 Å². The van der Waals surface area contributed by atoms with Gasteiger partial charge in [0, 0.05) is 36.7 Å². The summed E-state index contributed by atoms with van der Waals surface area (Å²) in [5.41, 5.74) is 1.51. The highest BCUT2D eigenvalue weighted by atomic mass is 16.7. The fourth-order valence-electron chi connectivity index (χ4n) is 5.55. The van der Waals surface area contributed by atoms with E-state index in [1.807, 2.05) is 0 Å². The van der Waals surface area contributed by atoms with Crippen LogP contribution in [0.15, 0.2) is 58.8 Å². The lowest BCUT2D eigenvalue weighted by atomic mass is 9.61. The molecular weight excluding hydrogens is 546 g/mol. The molecule has 1 amide bonds. The van der Waals surface area contributed by atoms with E-state index in [0.717, 1.165) is 6.42 Å². The molecular formula is C29H35N5O8. The van der Waals surface area contributed by atoms with Crippen molar-refractivity contribution in [2.24, 2.45) is 21.1 Å². The Morgan fingerprint density at radius 2 is 1.33 bits per heavy atom. The monoisotopic (exact) mass is 581 g/mol. The molecule has 2 aromatic rings. The molecule has 2 unspecified atom stereocenters. The molecule has 2 atom stereocenters. The van der Waals surface area contributed by atoms with Gasteiger partial charge in [-0.25, -0.2) is 9.59 Å². The number of nitrogens with zero attached hydrogens (tertiary/aromatic N) is 4. The normalized spacial score (nSPS) is 20.4. The molecule has 1 aliphatic carbocycles. The van der Waals surface area contributed by atoms with Crippen LogP contribution in [0.5, 0.6) is 0 Å². The fourth-order valence-corrected chi connectivity index (χ4v) is 5.55. The maximum absolute atomic E-state index is 12.5. The lowest BCUT2D eigenvalue weighted by Gasteiger charge is -2.46. The summed E-state index contributed by atoms with van der Waals surface area (Å²) in [6.45, 7) is 9.57. The quantitative estimate of drug-likeness (QED) is 0.147. The SMILES string of the molecule is C/C(=N\OC(=O)CCC1(C)CC(NC(=O)O/N=C(\C)c2ccc([N+](=O)[O-])cc2)CC(C)(C)C1)c1ccc([N+](=O)[O-])cc1. The molecule has 0 radical (unpaired) electrons. The first kappa shape index (κ1) is 31.8. The summed E-state index contributed by atoms with van der Waals surface area (Å²) in [5.74, 6) is -0.499. The van der Waals surface area contributed by atoms with Crippen LogP contribution in [0.2, 0.25) is 0 Å². The summed E-state index contributed by atoms with van der Waals surface area (Å²) < 4.78 is 0. The number of hydrogen-bond donors (Lipinski definition) is 1. The average Bonchev–Trinajstić information content (AvgIpc) is 2.92. The smallest absolute Gasteiger partial charge is 0.318 e. The molecule has 0 bridgehead atoms. The van der Waals surface area contributed by atoms with Crippen LogP contribution in [0.25, 0.3) is 0 Å². The second-order valence-electron chi connectivity index (χ2n) is 11.7. The highest BCUT2D eigenvalue weighted by molar-refractivity contribution is 5.99. The van der Waals surface area contributed by atoms with Crippen molar-refractivity contribution >= 4 is 34.9 Å². The number of carbonyl (C=O) groups excluding carboxylic acids is 2. The van der Waals surface area contributed by atoms with Crippen LogP contribution >= 0.6 is 0 Å². The molecule has 1 saturated carbocycles. The number of carbonyl (C=O) groups is 2. The van der Waals surface area contributed by atoms with Gasteiger partial charge in [-0.1, -0.05) is 31.1 Å². The Bertz CT molecular complexity index is 1390. The molecule has 1 N–H and O–H groups in total. The summed E-state index contributed by atoms with van der Waals surface area (Å²) in [5, 5.41) is 32.3. The van der Waals surface area contributed by atoms with E-state index in [0.29, 0.717) is 41.8 Å². The van der Waals surface area contributed by atoms with Gasteiger partial charge in [0.15, 0.2) is 0 Å². The minimum Gasteiger partial charge on any atom is -0.318 e. The number of non-ortho nitro benzene ring substituents is 2. The third-order valence-corrected chi connectivity index (χ3v) is 7.24. The maximum atomic E-state index is 12.5. The average molecular weight is 582 g/mol. The van der Waals surface area contributed by atoms with E-state index < -0.39 is 21.9 Å². The Hall–Kier alpha value is -4.68. The predicted octanol–water partition coefficient (Wildman–Crippen LogP) is 6.29. The van der Waals surface area contributed by atoms with Crippen LogP contribution in [0.3, 0.4) is 0 Å². The van der Waals surface area contributed by atoms with Crippen molar-refractivity contribution in [1.29, 1.82) is 0 Å². The zero-order valence-electron chi connectivity index (χ0n) is 24.3.